The third kappa shape index (κ3) is 7.49. The molecule has 0 atom stereocenters. The zero-order chi connectivity index (χ0) is 27.7. The van der Waals surface area contributed by atoms with Crippen molar-refractivity contribution in [2.45, 2.75) is 32.2 Å². The summed E-state index contributed by atoms with van der Waals surface area (Å²) in [6.07, 6.45) is 3.80. The number of hydrogen-bond donors (Lipinski definition) is 1. The molecule has 210 valence electrons. The second-order valence-corrected chi connectivity index (χ2v) is 10.4. The average Bonchev–Trinajstić information content (AvgIpc) is 3.41. The summed E-state index contributed by atoms with van der Waals surface area (Å²) in [5.41, 5.74) is 4.90. The van der Waals surface area contributed by atoms with Crippen LogP contribution in [-0.2, 0) is 28.9 Å². The maximum atomic E-state index is 13.1. The van der Waals surface area contributed by atoms with Gasteiger partial charge in [-0.15, -0.1) is 0 Å². The van der Waals surface area contributed by atoms with E-state index in [-0.39, 0.29) is 11.8 Å². The van der Waals surface area contributed by atoms with Crippen LogP contribution < -0.4 is 10.2 Å². The molecular weight excluding hydrogens is 507 g/mol. The number of esters is 1. The number of carbonyl (C=O) groups excluding carboxylic acids is 1. The van der Waals surface area contributed by atoms with Crippen LogP contribution in [0.25, 0.3) is 11.0 Å². The number of nitrogens with zero attached hydrogens (tertiary/aromatic N) is 1. The van der Waals surface area contributed by atoms with Crippen molar-refractivity contribution in [2.75, 3.05) is 44.9 Å². The van der Waals surface area contributed by atoms with E-state index in [1.165, 1.54) is 24.8 Å². The van der Waals surface area contributed by atoms with Crippen LogP contribution in [0, 0.1) is 11.7 Å². The minimum Gasteiger partial charge on any atom is -0.465 e. The van der Waals surface area contributed by atoms with Crippen molar-refractivity contribution in [2.24, 2.45) is 5.92 Å². The first kappa shape index (κ1) is 27.9. The molecule has 1 N–H and O–H groups in total. The number of hydrogen-bond acceptors (Lipinski definition) is 6. The van der Waals surface area contributed by atoms with E-state index in [0.29, 0.717) is 18.1 Å². The van der Waals surface area contributed by atoms with Gasteiger partial charge in [0.05, 0.1) is 19.3 Å². The van der Waals surface area contributed by atoms with Crippen LogP contribution in [-0.4, -0.2) is 45.9 Å². The summed E-state index contributed by atoms with van der Waals surface area (Å²) in [5.74, 6) is 1.00. The highest BCUT2D eigenvalue weighted by Gasteiger charge is 2.20. The minimum absolute atomic E-state index is 0.209. The molecule has 1 aliphatic rings. The molecule has 6 nitrogen and oxygen atoms in total. The van der Waals surface area contributed by atoms with E-state index in [0.717, 1.165) is 86.4 Å². The Morgan fingerprint density at radius 2 is 1.73 bits per heavy atom. The molecule has 0 bridgehead atoms. The van der Waals surface area contributed by atoms with Crippen LogP contribution in [0.5, 0.6) is 0 Å². The summed E-state index contributed by atoms with van der Waals surface area (Å²) in [7, 11) is 1.40. The topological polar surface area (TPSA) is 63.9 Å². The quantitative estimate of drug-likeness (QED) is 0.170. The zero-order valence-electron chi connectivity index (χ0n) is 23.0. The Balaban J connectivity index is 0.972. The molecule has 1 saturated heterocycles. The number of furan rings is 1. The zero-order valence-corrected chi connectivity index (χ0v) is 23.0. The van der Waals surface area contributed by atoms with Gasteiger partial charge in [-0.25, -0.2) is 9.18 Å². The van der Waals surface area contributed by atoms with Crippen molar-refractivity contribution in [3.05, 3.63) is 101 Å². The summed E-state index contributed by atoms with van der Waals surface area (Å²) in [4.78, 5) is 14.0. The minimum atomic E-state index is -0.305. The Morgan fingerprint density at radius 1 is 0.975 bits per heavy atom. The summed E-state index contributed by atoms with van der Waals surface area (Å²) in [6, 6.07) is 22.7. The number of anilines is 1. The van der Waals surface area contributed by atoms with Gasteiger partial charge >= 0.3 is 5.97 Å². The van der Waals surface area contributed by atoms with Crippen LogP contribution in [0.2, 0.25) is 0 Å². The van der Waals surface area contributed by atoms with E-state index in [2.05, 4.69) is 34.5 Å². The number of fused-ring (bicyclic) bond motifs is 1. The molecule has 0 radical (unpaired) electrons. The van der Waals surface area contributed by atoms with Crippen LogP contribution in [0.15, 0.2) is 77.2 Å². The first-order valence-corrected chi connectivity index (χ1v) is 14.0. The highest BCUT2D eigenvalue weighted by atomic mass is 19.1. The molecule has 0 unspecified atom stereocenters. The van der Waals surface area contributed by atoms with Gasteiger partial charge in [-0.2, -0.15) is 0 Å². The van der Waals surface area contributed by atoms with Crippen LogP contribution >= 0.6 is 0 Å². The smallest absolute Gasteiger partial charge is 0.337 e. The maximum Gasteiger partial charge on any atom is 0.337 e. The summed E-state index contributed by atoms with van der Waals surface area (Å²) < 4.78 is 29.9. The lowest BCUT2D eigenvalue weighted by Crippen LogP contribution is -2.35. The number of methoxy groups -OCH3 is 1. The average molecular weight is 545 g/mol. The van der Waals surface area contributed by atoms with E-state index >= 15 is 0 Å². The number of nitrogens with one attached hydrogen (secondary N) is 1. The standard InChI is InChI=1S/C33H37FN2O4/c1-38-33(37)27-7-11-30(12-8-27)36-17-14-25(15-18-36)23-39-19-16-35-22-26-2-6-28-21-31(40-32(28)20-26)13-5-24-3-9-29(34)10-4-24/h2-4,6-12,20-21,25,35H,5,13-19,22-23H2,1H3. The number of carbonyl (C=O) groups is 1. The van der Waals surface area contributed by atoms with E-state index in [1.54, 1.807) is 0 Å². The fourth-order valence-corrected chi connectivity index (χ4v) is 5.19. The molecule has 3 aromatic carbocycles. The number of ether oxygens (including phenoxy) is 2. The molecule has 2 heterocycles. The predicted octanol–water partition coefficient (Wildman–Crippen LogP) is 6.17. The van der Waals surface area contributed by atoms with Gasteiger partial charge in [0.25, 0.3) is 0 Å². The second kappa shape index (κ2) is 13.6. The van der Waals surface area contributed by atoms with Gasteiger partial charge in [0.2, 0.25) is 0 Å². The van der Waals surface area contributed by atoms with Gasteiger partial charge in [-0.3, -0.25) is 0 Å². The van der Waals surface area contributed by atoms with Gasteiger partial charge in [-0.05, 0) is 84.8 Å². The number of benzene rings is 3. The highest BCUT2D eigenvalue weighted by Crippen LogP contribution is 2.25. The molecule has 5 rings (SSSR count). The fraction of sp³-hybridized carbons (Fsp3) is 0.364. The molecule has 0 aliphatic carbocycles. The summed E-state index contributed by atoms with van der Waals surface area (Å²) in [5, 5.41) is 4.57. The maximum absolute atomic E-state index is 13.1. The Kier molecular flexibility index (Phi) is 9.47. The molecule has 4 aromatic rings. The third-order valence-corrected chi connectivity index (χ3v) is 7.58. The van der Waals surface area contributed by atoms with Gasteiger partial charge in [0.15, 0.2) is 0 Å². The number of rotatable bonds is 12. The van der Waals surface area contributed by atoms with Crippen molar-refractivity contribution in [3.8, 4) is 0 Å². The van der Waals surface area contributed by atoms with E-state index in [1.807, 2.05) is 36.4 Å². The van der Waals surface area contributed by atoms with E-state index in [9.17, 15) is 9.18 Å². The van der Waals surface area contributed by atoms with Gasteiger partial charge in [0.1, 0.15) is 17.2 Å². The molecular formula is C33H37FN2O4. The van der Waals surface area contributed by atoms with Crippen molar-refractivity contribution < 1.29 is 23.1 Å². The molecule has 7 heteroatoms. The van der Waals surface area contributed by atoms with Crippen LogP contribution in [0.3, 0.4) is 0 Å². The number of aryl methyl sites for hydroxylation is 2. The molecule has 1 fully saturated rings. The van der Waals surface area contributed by atoms with Crippen molar-refractivity contribution in [1.82, 2.24) is 5.32 Å². The van der Waals surface area contributed by atoms with Crippen molar-refractivity contribution >= 4 is 22.6 Å². The molecule has 0 saturated carbocycles. The Labute approximate surface area is 235 Å². The van der Waals surface area contributed by atoms with Crippen molar-refractivity contribution in [3.63, 3.8) is 0 Å². The SMILES string of the molecule is COC(=O)c1ccc(N2CCC(COCCNCc3ccc4cc(CCc5ccc(F)cc5)oc4c3)CC2)cc1. The lowest BCUT2D eigenvalue weighted by Gasteiger charge is -2.33. The normalized spacial score (nSPS) is 14.1. The van der Waals surface area contributed by atoms with E-state index in [4.69, 9.17) is 13.9 Å². The fourth-order valence-electron chi connectivity index (χ4n) is 5.19. The van der Waals surface area contributed by atoms with Crippen LogP contribution in [0.4, 0.5) is 10.1 Å². The van der Waals surface area contributed by atoms with Gasteiger partial charge < -0.3 is 24.1 Å². The molecule has 1 aliphatic heterocycles. The first-order chi connectivity index (χ1) is 19.6. The van der Waals surface area contributed by atoms with Gasteiger partial charge in [-0.1, -0.05) is 24.3 Å². The molecule has 0 spiro atoms. The summed E-state index contributed by atoms with van der Waals surface area (Å²) in [6.45, 7) is 5.02. The number of piperidine rings is 1. The molecule has 40 heavy (non-hydrogen) atoms. The molecule has 0 amide bonds. The largest absolute Gasteiger partial charge is 0.465 e. The van der Waals surface area contributed by atoms with Crippen LogP contribution in [0.1, 0.15) is 40.1 Å². The summed E-state index contributed by atoms with van der Waals surface area (Å²) >= 11 is 0. The number of halogens is 1. The third-order valence-electron chi connectivity index (χ3n) is 7.58. The van der Waals surface area contributed by atoms with Gasteiger partial charge in [0, 0.05) is 50.3 Å². The van der Waals surface area contributed by atoms with E-state index < -0.39 is 0 Å². The monoisotopic (exact) mass is 544 g/mol. The first-order valence-electron chi connectivity index (χ1n) is 14.0. The Bertz CT molecular complexity index is 1380. The van der Waals surface area contributed by atoms with Crippen molar-refractivity contribution in [1.29, 1.82) is 0 Å². The second-order valence-electron chi connectivity index (χ2n) is 10.4. The molecule has 1 aromatic heterocycles. The lowest BCUT2D eigenvalue weighted by molar-refractivity contribution is 0.0600. The Morgan fingerprint density at radius 3 is 2.48 bits per heavy atom. The Hall–Kier alpha value is -3.68. The lowest BCUT2D eigenvalue weighted by atomic mass is 9.97. The highest BCUT2D eigenvalue weighted by molar-refractivity contribution is 5.89. The predicted molar refractivity (Wildman–Crippen MR) is 155 cm³/mol.